The van der Waals surface area contributed by atoms with Crippen LogP contribution in [-0.2, 0) is 14.3 Å². The lowest BCUT2D eigenvalue weighted by Crippen LogP contribution is -2.36. The highest BCUT2D eigenvalue weighted by Crippen LogP contribution is 2.59. The normalized spacial score (nSPS) is 20.8. The zero-order valence-electron chi connectivity index (χ0n) is 16.4. The molecule has 148 valence electrons. The van der Waals surface area contributed by atoms with Gasteiger partial charge in [0.15, 0.2) is 0 Å². The molecule has 1 N–H and O–H groups in total. The van der Waals surface area contributed by atoms with Crippen LogP contribution in [-0.4, -0.2) is 23.0 Å². The minimum absolute atomic E-state index is 0.280. The smallest absolute Gasteiger partial charge is 0.314 e. The van der Waals surface area contributed by atoms with Gasteiger partial charge in [0.25, 0.3) is 0 Å². The van der Waals surface area contributed by atoms with Crippen molar-refractivity contribution < 1.29 is 9.53 Å². The van der Waals surface area contributed by atoms with Gasteiger partial charge in [0.05, 0.1) is 18.1 Å². The van der Waals surface area contributed by atoms with Crippen molar-refractivity contribution in [3.05, 3.63) is 108 Å². The number of esters is 1. The van der Waals surface area contributed by atoms with Crippen LogP contribution in [0.4, 0.5) is 0 Å². The van der Waals surface area contributed by atoms with E-state index in [2.05, 4.69) is 29.2 Å². The lowest BCUT2D eigenvalue weighted by atomic mass is 9.84. The van der Waals surface area contributed by atoms with Crippen LogP contribution in [0.25, 0.3) is 15.9 Å². The Morgan fingerprint density at radius 2 is 1.63 bits per heavy atom. The summed E-state index contributed by atoms with van der Waals surface area (Å²) in [5, 5.41) is 0. The van der Waals surface area contributed by atoms with Gasteiger partial charge in [-0.3, -0.25) is 4.79 Å². The van der Waals surface area contributed by atoms with Gasteiger partial charge in [-0.05, 0) is 23.3 Å². The molecular weight excluding hydrogens is 392 g/mol. The van der Waals surface area contributed by atoms with Crippen LogP contribution in [0.5, 0.6) is 0 Å². The van der Waals surface area contributed by atoms with E-state index in [0.29, 0.717) is 0 Å². The third-order valence-electron chi connectivity index (χ3n) is 5.48. The molecule has 0 radical (unpaired) electrons. The summed E-state index contributed by atoms with van der Waals surface area (Å²) < 4.78 is 4.50. The Hall–Kier alpha value is -3.31. The first-order chi connectivity index (χ1) is 14.7. The molecule has 0 amide bonds. The fraction of sp³-hybridized carbons (Fsp3) is 0.120. The number of aromatic amines is 1. The summed E-state index contributed by atoms with van der Waals surface area (Å²) in [6.07, 6.45) is 2.02. The molecule has 2 atom stereocenters. The molecule has 1 aromatic heterocycles. The van der Waals surface area contributed by atoms with Crippen molar-refractivity contribution in [2.45, 2.75) is 4.75 Å². The molecule has 0 fully saturated rings. The minimum Gasteiger partial charge on any atom is -0.469 e. The van der Waals surface area contributed by atoms with Gasteiger partial charge in [0, 0.05) is 4.91 Å². The second-order valence-corrected chi connectivity index (χ2v) is 8.49. The number of carbonyl (C=O) groups is 1. The number of ether oxygens (including phenoxy) is 1. The fourth-order valence-electron chi connectivity index (χ4n) is 4.04. The molecule has 0 aliphatic carbocycles. The quantitative estimate of drug-likeness (QED) is 0.457. The van der Waals surface area contributed by atoms with E-state index in [4.69, 9.17) is 9.72 Å². The number of nitrogens with one attached hydrogen (secondary N) is 1. The van der Waals surface area contributed by atoms with Gasteiger partial charge >= 0.3 is 5.97 Å². The predicted molar refractivity (Wildman–Crippen MR) is 121 cm³/mol. The number of nitrogens with zero attached hydrogens (tertiary/aromatic N) is 1. The van der Waals surface area contributed by atoms with E-state index in [0.717, 1.165) is 32.9 Å². The maximum Gasteiger partial charge on any atom is 0.314 e. The molecule has 3 aromatic carbocycles. The van der Waals surface area contributed by atoms with Gasteiger partial charge in [0.2, 0.25) is 0 Å². The number of rotatable bonds is 4. The van der Waals surface area contributed by atoms with Gasteiger partial charge in [-0.25, -0.2) is 4.98 Å². The maximum absolute atomic E-state index is 13.0. The highest BCUT2D eigenvalue weighted by molar-refractivity contribution is 8.09. The van der Waals surface area contributed by atoms with Crippen LogP contribution in [0, 0.1) is 5.92 Å². The fourth-order valence-corrected chi connectivity index (χ4v) is 5.59. The molecule has 2 heterocycles. The van der Waals surface area contributed by atoms with Crippen LogP contribution >= 0.6 is 11.8 Å². The van der Waals surface area contributed by atoms with Gasteiger partial charge in [-0.1, -0.05) is 78.9 Å². The van der Waals surface area contributed by atoms with Crippen molar-refractivity contribution in [2.75, 3.05) is 7.11 Å². The van der Waals surface area contributed by atoms with Crippen molar-refractivity contribution in [1.29, 1.82) is 0 Å². The average Bonchev–Trinajstić information content (AvgIpc) is 3.43. The number of para-hydroxylation sites is 2. The zero-order chi connectivity index (χ0) is 20.6. The number of aromatic nitrogens is 2. The van der Waals surface area contributed by atoms with E-state index in [1.807, 2.05) is 66.7 Å². The second kappa shape index (κ2) is 7.50. The molecule has 0 unspecified atom stereocenters. The number of hydrogen-bond acceptors (Lipinski definition) is 4. The van der Waals surface area contributed by atoms with E-state index in [1.165, 1.54) is 7.11 Å². The number of methoxy groups -OCH3 is 1. The number of hydrogen-bond donors (Lipinski definition) is 1. The van der Waals surface area contributed by atoms with E-state index < -0.39 is 10.7 Å². The first-order valence-electron chi connectivity index (χ1n) is 9.77. The van der Waals surface area contributed by atoms with E-state index in [1.54, 1.807) is 11.8 Å². The number of thioether (sulfide) groups is 1. The molecular formula is C25H20N2O2S. The summed E-state index contributed by atoms with van der Waals surface area (Å²) in [5.41, 5.74) is 3.90. The summed E-state index contributed by atoms with van der Waals surface area (Å²) in [7, 11) is 1.44. The molecule has 1 aliphatic rings. The van der Waals surface area contributed by atoms with Gasteiger partial charge in [-0.2, -0.15) is 0 Å². The molecule has 0 spiro atoms. The molecule has 5 heteroatoms. The summed E-state index contributed by atoms with van der Waals surface area (Å²) in [5.74, 6) is -0.0547. The number of H-pyrrole nitrogens is 1. The van der Waals surface area contributed by atoms with Gasteiger partial charge in [-0.15, -0.1) is 11.8 Å². The second-order valence-electron chi connectivity index (χ2n) is 7.20. The van der Waals surface area contributed by atoms with Crippen LogP contribution in [0.2, 0.25) is 0 Å². The van der Waals surface area contributed by atoms with Gasteiger partial charge < -0.3 is 9.72 Å². The predicted octanol–water partition coefficient (Wildman–Crippen LogP) is 5.38. The van der Waals surface area contributed by atoms with E-state index in [-0.39, 0.29) is 5.97 Å². The van der Waals surface area contributed by atoms with Crippen LogP contribution in [0.1, 0.15) is 17.0 Å². The SMILES string of the molecule is COC(=O)[C@H]1C=C(c2ccccc2)S[C@]1(c1ccccc1)c1nc2ccccc2[nH]1. The summed E-state index contributed by atoms with van der Waals surface area (Å²) in [6, 6.07) is 28.1. The molecule has 0 saturated heterocycles. The number of imidazole rings is 1. The molecule has 5 rings (SSSR count). The lowest BCUT2D eigenvalue weighted by molar-refractivity contribution is -0.144. The van der Waals surface area contributed by atoms with Crippen LogP contribution in [0.3, 0.4) is 0 Å². The highest BCUT2D eigenvalue weighted by Gasteiger charge is 2.53. The Bertz CT molecular complexity index is 1200. The average molecular weight is 413 g/mol. The van der Waals surface area contributed by atoms with Crippen molar-refractivity contribution in [1.82, 2.24) is 9.97 Å². The Labute approximate surface area is 179 Å². The summed E-state index contributed by atoms with van der Waals surface area (Å²) in [6.45, 7) is 0. The minimum atomic E-state index is -0.751. The largest absolute Gasteiger partial charge is 0.469 e. The number of carbonyl (C=O) groups excluding carboxylic acids is 1. The highest BCUT2D eigenvalue weighted by atomic mass is 32.2. The molecule has 30 heavy (non-hydrogen) atoms. The summed E-state index contributed by atoms with van der Waals surface area (Å²) in [4.78, 5) is 22.5. The van der Waals surface area contributed by atoms with Gasteiger partial charge in [0.1, 0.15) is 16.5 Å². The molecule has 0 saturated carbocycles. The molecule has 1 aliphatic heterocycles. The van der Waals surface area contributed by atoms with Crippen molar-refractivity contribution in [3.63, 3.8) is 0 Å². The standard InChI is InChI=1S/C25H20N2O2S/c1-29-23(28)19-16-22(17-10-4-2-5-11-17)30-25(19,18-12-6-3-7-13-18)24-26-20-14-8-9-15-21(20)27-24/h2-16,19H,1H3,(H,26,27)/t19-,25+/m1/s1. The van der Waals surface area contributed by atoms with Crippen molar-refractivity contribution in [3.8, 4) is 0 Å². The lowest BCUT2D eigenvalue weighted by Gasteiger charge is -2.32. The zero-order valence-corrected chi connectivity index (χ0v) is 17.2. The van der Waals surface area contributed by atoms with E-state index >= 15 is 0 Å². The molecule has 4 aromatic rings. The van der Waals surface area contributed by atoms with Crippen molar-refractivity contribution >= 4 is 33.7 Å². The topological polar surface area (TPSA) is 55.0 Å². The molecule has 4 nitrogen and oxygen atoms in total. The van der Waals surface area contributed by atoms with Crippen LogP contribution in [0.15, 0.2) is 91.0 Å². The van der Waals surface area contributed by atoms with E-state index in [9.17, 15) is 4.79 Å². The first kappa shape index (κ1) is 18.7. The Morgan fingerprint density at radius 3 is 2.33 bits per heavy atom. The Balaban J connectivity index is 1.76. The number of benzene rings is 3. The third kappa shape index (κ3) is 2.94. The maximum atomic E-state index is 13.0. The Kier molecular flexibility index (Phi) is 4.68. The summed E-state index contributed by atoms with van der Waals surface area (Å²) >= 11 is 1.65. The third-order valence-corrected chi connectivity index (χ3v) is 7.08. The van der Waals surface area contributed by atoms with Crippen LogP contribution < -0.4 is 0 Å². The Morgan fingerprint density at radius 1 is 0.967 bits per heavy atom. The molecule has 0 bridgehead atoms. The van der Waals surface area contributed by atoms with Crippen molar-refractivity contribution in [2.24, 2.45) is 5.92 Å². The first-order valence-corrected chi connectivity index (χ1v) is 10.6. The number of fused-ring (bicyclic) bond motifs is 1. The monoisotopic (exact) mass is 412 g/mol.